The van der Waals surface area contributed by atoms with Crippen molar-refractivity contribution in [1.29, 1.82) is 0 Å². The Morgan fingerprint density at radius 1 is 1.53 bits per heavy atom. The summed E-state index contributed by atoms with van der Waals surface area (Å²) in [5, 5.41) is 3.20. The molecule has 0 unspecified atom stereocenters. The molecule has 1 fully saturated rings. The normalized spacial score (nSPS) is 18.3. The second kappa shape index (κ2) is 3.99. The highest BCUT2D eigenvalue weighted by Crippen LogP contribution is 2.28. The number of anilines is 1. The Labute approximate surface area is 93.4 Å². The van der Waals surface area contributed by atoms with Crippen LogP contribution in [0.15, 0.2) is 18.2 Å². The van der Waals surface area contributed by atoms with E-state index in [9.17, 15) is 4.39 Å². The van der Waals surface area contributed by atoms with E-state index in [2.05, 4.69) is 12.2 Å². The van der Waals surface area contributed by atoms with Crippen LogP contribution in [0.3, 0.4) is 0 Å². The van der Waals surface area contributed by atoms with Gasteiger partial charge in [0.1, 0.15) is 0 Å². The van der Waals surface area contributed by atoms with Gasteiger partial charge in [-0.2, -0.15) is 0 Å². The third kappa shape index (κ3) is 2.24. The maximum absolute atomic E-state index is 13.5. The minimum Gasteiger partial charge on any atom is -0.382 e. The molecule has 1 aliphatic heterocycles. The second-order valence-electron chi connectivity index (χ2n) is 4.26. The Morgan fingerprint density at radius 2 is 2.27 bits per heavy atom. The summed E-state index contributed by atoms with van der Waals surface area (Å²) >= 11 is 5.67. The summed E-state index contributed by atoms with van der Waals surface area (Å²) in [5.74, 6) is -0.386. The first kappa shape index (κ1) is 10.7. The topological polar surface area (TPSA) is 21.3 Å². The van der Waals surface area contributed by atoms with Crippen molar-refractivity contribution in [3.05, 3.63) is 29.0 Å². The fourth-order valence-electron chi connectivity index (χ4n) is 1.50. The monoisotopic (exact) mass is 229 g/mol. The predicted molar refractivity (Wildman–Crippen MR) is 58.8 cm³/mol. The molecule has 2 rings (SSSR count). The van der Waals surface area contributed by atoms with Gasteiger partial charge in [-0.05, 0) is 12.1 Å². The second-order valence-corrected chi connectivity index (χ2v) is 4.67. The number of benzene rings is 1. The fraction of sp³-hybridized carbons (Fsp3) is 0.455. The molecule has 0 aromatic heterocycles. The van der Waals surface area contributed by atoms with Gasteiger partial charge in [0, 0.05) is 12.0 Å². The van der Waals surface area contributed by atoms with Gasteiger partial charge in [-0.15, -0.1) is 0 Å². The Morgan fingerprint density at radius 3 is 2.87 bits per heavy atom. The molecule has 0 atom stereocenters. The first-order chi connectivity index (χ1) is 7.11. The van der Waals surface area contributed by atoms with Gasteiger partial charge in [0.25, 0.3) is 0 Å². The van der Waals surface area contributed by atoms with Crippen molar-refractivity contribution in [3.63, 3.8) is 0 Å². The van der Waals surface area contributed by atoms with Crippen LogP contribution in [0.2, 0.25) is 5.02 Å². The van der Waals surface area contributed by atoms with Crippen LogP contribution in [0.5, 0.6) is 0 Å². The standard InChI is InChI=1S/C11H13ClFNO/c1-11(6-15-7-11)5-14-9-4-2-3-8(12)10(9)13/h2-4,14H,5-7H2,1H3. The van der Waals surface area contributed by atoms with Gasteiger partial charge in [0.2, 0.25) is 0 Å². The van der Waals surface area contributed by atoms with E-state index >= 15 is 0 Å². The number of hydrogen-bond donors (Lipinski definition) is 1. The lowest BCUT2D eigenvalue weighted by Gasteiger charge is -2.38. The lowest BCUT2D eigenvalue weighted by molar-refractivity contribution is -0.0924. The van der Waals surface area contributed by atoms with Gasteiger partial charge < -0.3 is 10.1 Å². The molecule has 4 heteroatoms. The Balaban J connectivity index is 2.01. The van der Waals surface area contributed by atoms with Gasteiger partial charge in [-0.3, -0.25) is 0 Å². The molecule has 0 amide bonds. The van der Waals surface area contributed by atoms with Gasteiger partial charge >= 0.3 is 0 Å². The molecule has 0 bridgehead atoms. The summed E-state index contributed by atoms with van der Waals surface area (Å²) in [6.45, 7) is 4.25. The summed E-state index contributed by atoms with van der Waals surface area (Å²) in [6.07, 6.45) is 0. The molecule has 15 heavy (non-hydrogen) atoms. The maximum Gasteiger partial charge on any atom is 0.164 e. The van der Waals surface area contributed by atoms with Crippen LogP contribution < -0.4 is 5.32 Å². The summed E-state index contributed by atoms with van der Waals surface area (Å²) in [4.78, 5) is 0. The minimum atomic E-state index is -0.386. The third-order valence-corrected chi connectivity index (χ3v) is 2.85. The SMILES string of the molecule is CC1(CNc2cccc(Cl)c2F)COC1. The zero-order valence-corrected chi connectivity index (χ0v) is 9.27. The van der Waals surface area contributed by atoms with E-state index in [1.165, 1.54) is 6.07 Å². The van der Waals surface area contributed by atoms with E-state index in [4.69, 9.17) is 16.3 Å². The molecule has 0 saturated carbocycles. The van der Waals surface area contributed by atoms with E-state index in [1.54, 1.807) is 12.1 Å². The Kier molecular flexibility index (Phi) is 2.85. The van der Waals surface area contributed by atoms with Crippen LogP contribution >= 0.6 is 11.6 Å². The van der Waals surface area contributed by atoms with E-state index in [0.29, 0.717) is 12.2 Å². The fourth-order valence-corrected chi connectivity index (χ4v) is 1.68. The highest BCUT2D eigenvalue weighted by atomic mass is 35.5. The van der Waals surface area contributed by atoms with Crippen molar-refractivity contribution in [2.24, 2.45) is 5.41 Å². The predicted octanol–water partition coefficient (Wildman–Crippen LogP) is 2.93. The molecule has 0 radical (unpaired) electrons. The van der Waals surface area contributed by atoms with Crippen LogP contribution in [0, 0.1) is 11.2 Å². The number of halogens is 2. The first-order valence-corrected chi connectivity index (χ1v) is 5.24. The maximum atomic E-state index is 13.5. The zero-order valence-electron chi connectivity index (χ0n) is 8.52. The molecule has 0 aliphatic carbocycles. The molecular formula is C11H13ClFNO. The van der Waals surface area contributed by atoms with Gasteiger partial charge in [-0.1, -0.05) is 24.6 Å². The molecule has 2 nitrogen and oxygen atoms in total. The van der Waals surface area contributed by atoms with Crippen LogP contribution in [0.25, 0.3) is 0 Å². The highest BCUT2D eigenvalue weighted by molar-refractivity contribution is 6.31. The van der Waals surface area contributed by atoms with Crippen molar-refractivity contribution in [3.8, 4) is 0 Å². The molecule has 82 valence electrons. The van der Waals surface area contributed by atoms with E-state index in [-0.39, 0.29) is 16.3 Å². The van der Waals surface area contributed by atoms with Crippen molar-refractivity contribution in [1.82, 2.24) is 0 Å². The Hall–Kier alpha value is -0.800. The zero-order chi connectivity index (χ0) is 10.9. The van der Waals surface area contributed by atoms with Crippen molar-refractivity contribution >= 4 is 17.3 Å². The van der Waals surface area contributed by atoms with E-state index < -0.39 is 0 Å². The molecule has 1 saturated heterocycles. The molecule has 1 aromatic rings. The average molecular weight is 230 g/mol. The molecule has 1 heterocycles. The van der Waals surface area contributed by atoms with Crippen molar-refractivity contribution in [2.45, 2.75) is 6.92 Å². The van der Waals surface area contributed by atoms with Crippen molar-refractivity contribution < 1.29 is 9.13 Å². The largest absolute Gasteiger partial charge is 0.382 e. The number of rotatable bonds is 3. The highest BCUT2D eigenvalue weighted by Gasteiger charge is 2.33. The summed E-state index contributed by atoms with van der Waals surface area (Å²) in [6, 6.07) is 4.95. The first-order valence-electron chi connectivity index (χ1n) is 4.86. The molecule has 0 spiro atoms. The number of ether oxygens (including phenoxy) is 1. The van der Waals surface area contributed by atoms with Crippen LogP contribution in [-0.4, -0.2) is 19.8 Å². The van der Waals surface area contributed by atoms with Gasteiger partial charge in [0.05, 0.1) is 23.9 Å². The van der Waals surface area contributed by atoms with Crippen LogP contribution in [-0.2, 0) is 4.74 Å². The van der Waals surface area contributed by atoms with Gasteiger partial charge in [-0.25, -0.2) is 4.39 Å². The summed E-state index contributed by atoms with van der Waals surface area (Å²) in [7, 11) is 0. The molecule has 1 aromatic carbocycles. The lowest BCUT2D eigenvalue weighted by atomic mass is 9.89. The molecule has 1 N–H and O–H groups in total. The lowest BCUT2D eigenvalue weighted by Crippen LogP contribution is -2.45. The summed E-state index contributed by atoms with van der Waals surface area (Å²) in [5.41, 5.74) is 0.574. The average Bonchev–Trinajstić information content (AvgIpc) is 2.17. The number of hydrogen-bond acceptors (Lipinski definition) is 2. The van der Waals surface area contributed by atoms with E-state index in [1.807, 2.05) is 0 Å². The molecular weight excluding hydrogens is 217 g/mol. The Bertz CT molecular complexity index is 366. The molecule has 1 aliphatic rings. The summed E-state index contributed by atoms with van der Waals surface area (Å²) < 4.78 is 18.6. The number of nitrogens with one attached hydrogen (secondary N) is 1. The smallest absolute Gasteiger partial charge is 0.164 e. The van der Waals surface area contributed by atoms with Crippen molar-refractivity contribution in [2.75, 3.05) is 25.1 Å². The quantitative estimate of drug-likeness (QED) is 0.861. The van der Waals surface area contributed by atoms with Crippen LogP contribution in [0.4, 0.5) is 10.1 Å². The third-order valence-electron chi connectivity index (χ3n) is 2.56. The minimum absolute atomic E-state index is 0.120. The van der Waals surface area contributed by atoms with Gasteiger partial charge in [0.15, 0.2) is 5.82 Å². The van der Waals surface area contributed by atoms with Crippen LogP contribution in [0.1, 0.15) is 6.92 Å². The van der Waals surface area contributed by atoms with E-state index in [0.717, 1.165) is 13.2 Å².